The molecule has 0 radical (unpaired) electrons. The molecule has 0 atom stereocenters. The van der Waals surface area contributed by atoms with E-state index in [9.17, 15) is 4.79 Å². The molecule has 5 aromatic rings. The molecule has 0 unspecified atom stereocenters. The fraction of sp³-hybridized carbons (Fsp3) is 0. The number of rotatable bonds is 4. The van der Waals surface area contributed by atoms with E-state index in [1.165, 1.54) is 12.4 Å². The van der Waals surface area contributed by atoms with Gasteiger partial charge in [0.2, 0.25) is 5.95 Å². The zero-order valence-corrected chi connectivity index (χ0v) is 15.9. The maximum absolute atomic E-state index is 12.9. The number of hydrogen-bond acceptors (Lipinski definition) is 4. The summed E-state index contributed by atoms with van der Waals surface area (Å²) in [6.07, 6.45) is 3.06. The average molecular weight is 391 g/mol. The molecule has 0 saturated carbocycles. The summed E-state index contributed by atoms with van der Waals surface area (Å²) in [5, 5.41) is 2.91. The summed E-state index contributed by atoms with van der Waals surface area (Å²) in [4.78, 5) is 26.2. The van der Waals surface area contributed by atoms with Gasteiger partial charge in [0.15, 0.2) is 5.82 Å². The van der Waals surface area contributed by atoms with Gasteiger partial charge in [-0.25, -0.2) is 15.0 Å². The number of anilines is 1. The van der Waals surface area contributed by atoms with Crippen molar-refractivity contribution in [2.24, 2.45) is 0 Å². The molecule has 2 heterocycles. The van der Waals surface area contributed by atoms with Gasteiger partial charge in [-0.15, -0.1) is 0 Å². The number of hydrogen-bond donors (Lipinski definition) is 1. The Morgan fingerprint density at radius 3 is 2.13 bits per heavy atom. The first-order chi connectivity index (χ1) is 14.8. The van der Waals surface area contributed by atoms with E-state index in [-0.39, 0.29) is 5.91 Å². The Balaban J connectivity index is 1.48. The summed E-state index contributed by atoms with van der Waals surface area (Å²) < 4.78 is 1.92. The summed E-state index contributed by atoms with van der Waals surface area (Å²) in [6, 6.07) is 27.2. The summed E-state index contributed by atoms with van der Waals surface area (Å²) >= 11 is 0. The van der Waals surface area contributed by atoms with Gasteiger partial charge in [0.05, 0.1) is 16.6 Å². The number of aromatic nitrogens is 4. The van der Waals surface area contributed by atoms with E-state index in [1.807, 2.05) is 89.5 Å². The van der Waals surface area contributed by atoms with Crippen molar-refractivity contribution in [3.05, 3.63) is 103 Å². The summed E-state index contributed by atoms with van der Waals surface area (Å²) in [6.45, 7) is 0. The molecule has 6 nitrogen and oxygen atoms in total. The van der Waals surface area contributed by atoms with E-state index < -0.39 is 0 Å². The van der Waals surface area contributed by atoms with Crippen LogP contribution in [0.1, 0.15) is 10.4 Å². The number of imidazole rings is 1. The highest BCUT2D eigenvalue weighted by atomic mass is 16.1. The van der Waals surface area contributed by atoms with Crippen molar-refractivity contribution >= 4 is 22.9 Å². The van der Waals surface area contributed by atoms with Gasteiger partial charge in [0.1, 0.15) is 0 Å². The lowest BCUT2D eigenvalue weighted by atomic mass is 10.2. The highest BCUT2D eigenvalue weighted by molar-refractivity contribution is 6.04. The topological polar surface area (TPSA) is 72.7 Å². The number of nitrogens with zero attached hydrogens (tertiary/aromatic N) is 4. The molecule has 0 aliphatic carbocycles. The average Bonchev–Trinajstić information content (AvgIpc) is 3.18. The van der Waals surface area contributed by atoms with Crippen LogP contribution in [0.3, 0.4) is 0 Å². The van der Waals surface area contributed by atoms with Gasteiger partial charge in [-0.1, -0.05) is 60.7 Å². The minimum atomic E-state index is -0.318. The van der Waals surface area contributed by atoms with Gasteiger partial charge >= 0.3 is 0 Å². The highest BCUT2D eigenvalue weighted by Crippen LogP contribution is 2.25. The quantitative estimate of drug-likeness (QED) is 0.480. The molecule has 0 spiro atoms. The number of para-hydroxylation sites is 3. The standard InChI is InChI=1S/C24H17N5O/c30-23(18-15-25-22(26-16-18)17-9-3-1-4-10-17)28-24-27-20-13-7-8-14-21(20)29(24)19-11-5-2-6-12-19/h1-16H,(H,27,28,30). The maximum Gasteiger partial charge on any atom is 0.261 e. The van der Waals surface area contributed by atoms with E-state index in [2.05, 4.69) is 20.3 Å². The molecular weight excluding hydrogens is 374 g/mol. The smallest absolute Gasteiger partial charge is 0.261 e. The largest absolute Gasteiger partial charge is 0.291 e. The minimum absolute atomic E-state index is 0.318. The van der Waals surface area contributed by atoms with Crippen molar-refractivity contribution in [1.82, 2.24) is 19.5 Å². The second-order valence-corrected chi connectivity index (χ2v) is 6.71. The number of fused-ring (bicyclic) bond motifs is 1. The lowest BCUT2D eigenvalue weighted by molar-refractivity contribution is 0.102. The lowest BCUT2D eigenvalue weighted by Gasteiger charge is -2.10. The Morgan fingerprint density at radius 2 is 1.40 bits per heavy atom. The molecule has 6 heteroatoms. The molecule has 1 amide bonds. The molecule has 0 aliphatic heterocycles. The van der Waals surface area contributed by atoms with E-state index in [4.69, 9.17) is 0 Å². The molecule has 0 bridgehead atoms. The zero-order chi connectivity index (χ0) is 20.3. The minimum Gasteiger partial charge on any atom is -0.291 e. The summed E-state index contributed by atoms with van der Waals surface area (Å²) in [5.41, 5.74) is 3.89. The third-order valence-corrected chi connectivity index (χ3v) is 4.75. The van der Waals surface area contributed by atoms with E-state index in [1.54, 1.807) is 0 Å². The lowest BCUT2D eigenvalue weighted by Crippen LogP contribution is -2.16. The molecule has 30 heavy (non-hydrogen) atoms. The third kappa shape index (κ3) is 3.31. The van der Waals surface area contributed by atoms with Gasteiger partial charge in [0, 0.05) is 23.6 Å². The molecule has 1 N–H and O–H groups in total. The first-order valence-corrected chi connectivity index (χ1v) is 9.51. The van der Waals surface area contributed by atoms with E-state index >= 15 is 0 Å². The second-order valence-electron chi connectivity index (χ2n) is 6.71. The van der Waals surface area contributed by atoms with Crippen LogP contribution in [0.2, 0.25) is 0 Å². The molecule has 5 rings (SSSR count). The zero-order valence-electron chi connectivity index (χ0n) is 15.9. The maximum atomic E-state index is 12.9. The number of carbonyl (C=O) groups excluding carboxylic acids is 1. The van der Waals surface area contributed by atoms with Gasteiger partial charge in [-0.3, -0.25) is 14.7 Å². The van der Waals surface area contributed by atoms with Gasteiger partial charge in [-0.05, 0) is 24.3 Å². The summed E-state index contributed by atoms with van der Waals surface area (Å²) in [7, 11) is 0. The van der Waals surface area contributed by atoms with Crippen LogP contribution in [0.15, 0.2) is 97.3 Å². The molecule has 3 aromatic carbocycles. The number of amides is 1. The van der Waals surface area contributed by atoms with Crippen LogP contribution in [-0.4, -0.2) is 25.4 Å². The third-order valence-electron chi connectivity index (χ3n) is 4.75. The van der Waals surface area contributed by atoms with Gasteiger partial charge in [0.25, 0.3) is 5.91 Å². The van der Waals surface area contributed by atoms with Crippen molar-refractivity contribution in [3.8, 4) is 17.1 Å². The Bertz CT molecular complexity index is 1310. The number of nitrogens with one attached hydrogen (secondary N) is 1. The van der Waals surface area contributed by atoms with E-state index in [0.29, 0.717) is 17.3 Å². The Morgan fingerprint density at radius 1 is 0.767 bits per heavy atom. The van der Waals surface area contributed by atoms with Crippen molar-refractivity contribution in [2.75, 3.05) is 5.32 Å². The fourth-order valence-electron chi connectivity index (χ4n) is 3.30. The van der Waals surface area contributed by atoms with Crippen molar-refractivity contribution in [1.29, 1.82) is 0 Å². The first-order valence-electron chi connectivity index (χ1n) is 9.51. The molecular formula is C24H17N5O. The molecule has 0 saturated heterocycles. The van der Waals surface area contributed by atoms with Crippen molar-refractivity contribution < 1.29 is 4.79 Å². The summed E-state index contributed by atoms with van der Waals surface area (Å²) in [5.74, 6) is 0.699. The van der Waals surface area contributed by atoms with Crippen LogP contribution in [0.4, 0.5) is 5.95 Å². The van der Waals surface area contributed by atoms with Crippen molar-refractivity contribution in [2.45, 2.75) is 0 Å². The predicted molar refractivity (Wildman–Crippen MR) is 116 cm³/mol. The first kappa shape index (κ1) is 17.8. The highest BCUT2D eigenvalue weighted by Gasteiger charge is 2.16. The Kier molecular flexibility index (Phi) is 4.50. The van der Waals surface area contributed by atoms with Crippen LogP contribution >= 0.6 is 0 Å². The Hall–Kier alpha value is -4.32. The molecule has 2 aromatic heterocycles. The molecule has 0 fully saturated rings. The van der Waals surface area contributed by atoms with Gasteiger partial charge in [-0.2, -0.15) is 0 Å². The van der Waals surface area contributed by atoms with Crippen LogP contribution in [0.5, 0.6) is 0 Å². The van der Waals surface area contributed by atoms with Crippen LogP contribution in [0, 0.1) is 0 Å². The molecule has 144 valence electrons. The number of benzene rings is 3. The van der Waals surface area contributed by atoms with Gasteiger partial charge < -0.3 is 0 Å². The molecule has 0 aliphatic rings. The fourth-order valence-corrected chi connectivity index (χ4v) is 3.30. The van der Waals surface area contributed by atoms with Crippen molar-refractivity contribution in [3.63, 3.8) is 0 Å². The second kappa shape index (κ2) is 7.60. The van der Waals surface area contributed by atoms with E-state index in [0.717, 1.165) is 22.3 Å². The monoisotopic (exact) mass is 391 g/mol. The van der Waals surface area contributed by atoms with Crippen LogP contribution < -0.4 is 5.32 Å². The van der Waals surface area contributed by atoms with Crippen LogP contribution in [0.25, 0.3) is 28.1 Å². The van der Waals surface area contributed by atoms with Crippen LogP contribution in [-0.2, 0) is 0 Å². The number of carbonyl (C=O) groups is 1. The SMILES string of the molecule is O=C(Nc1nc2ccccc2n1-c1ccccc1)c1cnc(-c2ccccc2)nc1. The Labute approximate surface area is 172 Å². The predicted octanol–water partition coefficient (Wildman–Crippen LogP) is 4.73. The normalized spacial score (nSPS) is 10.8.